The first-order valence-corrected chi connectivity index (χ1v) is 8.23. The molecule has 0 radical (unpaired) electrons. The summed E-state index contributed by atoms with van der Waals surface area (Å²) in [7, 11) is 1.72. The fourth-order valence-corrected chi connectivity index (χ4v) is 2.60. The molecule has 2 amide bonds. The monoisotopic (exact) mass is 342 g/mol. The number of fused-ring (bicyclic) bond motifs is 1. The third kappa shape index (κ3) is 3.78. The molecule has 1 aromatic carbocycles. The van der Waals surface area contributed by atoms with Gasteiger partial charge in [-0.2, -0.15) is 4.98 Å². The largest absolute Gasteiger partial charge is 0.340 e. The molecule has 3 aromatic rings. The smallest absolute Gasteiger partial charge is 0.318 e. The Labute approximate surface area is 145 Å². The first-order valence-electron chi connectivity index (χ1n) is 8.23. The van der Waals surface area contributed by atoms with Crippen molar-refractivity contribution in [2.24, 2.45) is 0 Å². The van der Waals surface area contributed by atoms with Crippen molar-refractivity contribution in [1.29, 1.82) is 0 Å². The fourth-order valence-electron chi connectivity index (χ4n) is 2.60. The molecule has 132 valence electrons. The molecule has 0 bridgehead atoms. The van der Waals surface area contributed by atoms with Gasteiger partial charge in [0, 0.05) is 7.05 Å². The lowest BCUT2D eigenvalue weighted by atomic mass is 10.2. The van der Waals surface area contributed by atoms with Crippen molar-refractivity contribution in [3.05, 3.63) is 41.3 Å². The summed E-state index contributed by atoms with van der Waals surface area (Å²) in [6.07, 6.45) is 0.658. The van der Waals surface area contributed by atoms with Gasteiger partial charge >= 0.3 is 6.03 Å². The molecule has 25 heavy (non-hydrogen) atoms. The maximum absolute atomic E-state index is 12.4. The number of carbonyl (C=O) groups excluding carboxylic acids is 1. The van der Waals surface area contributed by atoms with Crippen LogP contribution in [0.3, 0.4) is 0 Å². The second kappa shape index (κ2) is 6.92. The van der Waals surface area contributed by atoms with Crippen molar-refractivity contribution in [2.45, 2.75) is 39.8 Å². The van der Waals surface area contributed by atoms with Gasteiger partial charge in [-0.05, 0) is 38.0 Å². The van der Waals surface area contributed by atoms with E-state index in [1.165, 1.54) is 0 Å². The van der Waals surface area contributed by atoms with E-state index in [1.54, 1.807) is 18.9 Å². The van der Waals surface area contributed by atoms with Crippen LogP contribution in [0.1, 0.15) is 42.5 Å². The van der Waals surface area contributed by atoms with Gasteiger partial charge in [0.15, 0.2) is 5.82 Å². The molecule has 0 aliphatic heterocycles. The molecular formula is C17H22N6O2. The number of benzene rings is 1. The lowest BCUT2D eigenvalue weighted by Crippen LogP contribution is -2.39. The van der Waals surface area contributed by atoms with E-state index in [2.05, 4.69) is 25.4 Å². The van der Waals surface area contributed by atoms with E-state index in [9.17, 15) is 4.79 Å². The Morgan fingerprint density at radius 1 is 1.36 bits per heavy atom. The second-order valence-corrected chi connectivity index (χ2v) is 6.15. The molecule has 2 heterocycles. The van der Waals surface area contributed by atoms with Crippen molar-refractivity contribution in [1.82, 2.24) is 30.3 Å². The number of aromatic nitrogens is 4. The number of nitrogens with zero attached hydrogens (tertiary/aromatic N) is 4. The van der Waals surface area contributed by atoms with Gasteiger partial charge in [-0.15, -0.1) is 0 Å². The number of nitrogens with one attached hydrogen (secondary N) is 2. The van der Waals surface area contributed by atoms with Gasteiger partial charge in [-0.3, -0.25) is 0 Å². The third-order valence-electron chi connectivity index (χ3n) is 3.97. The minimum absolute atomic E-state index is 0.223. The van der Waals surface area contributed by atoms with Crippen LogP contribution in [0.4, 0.5) is 4.79 Å². The van der Waals surface area contributed by atoms with E-state index in [4.69, 9.17) is 4.52 Å². The maximum atomic E-state index is 12.4. The van der Waals surface area contributed by atoms with E-state index in [1.807, 2.05) is 32.0 Å². The van der Waals surface area contributed by atoms with Gasteiger partial charge < -0.3 is 19.7 Å². The van der Waals surface area contributed by atoms with Gasteiger partial charge in [0.1, 0.15) is 11.9 Å². The topological polar surface area (TPSA) is 99.9 Å². The standard InChI is InChI=1S/C17H22N6O2/c1-5-12(16-18-11(3)22-25-16)21-17(24)23(4)9-15-19-13-7-6-10(2)8-14(13)20-15/h6-8,12H,5,9H2,1-4H3,(H,19,20)(H,21,24)/t12-/m1/s1. The van der Waals surface area contributed by atoms with Crippen LogP contribution in [0, 0.1) is 13.8 Å². The predicted octanol–water partition coefficient (Wildman–Crippen LogP) is 2.86. The highest BCUT2D eigenvalue weighted by atomic mass is 16.5. The second-order valence-electron chi connectivity index (χ2n) is 6.15. The molecule has 0 saturated heterocycles. The van der Waals surface area contributed by atoms with E-state index < -0.39 is 0 Å². The third-order valence-corrected chi connectivity index (χ3v) is 3.97. The number of rotatable bonds is 5. The quantitative estimate of drug-likeness (QED) is 0.742. The maximum Gasteiger partial charge on any atom is 0.318 e. The Balaban J connectivity index is 1.66. The van der Waals surface area contributed by atoms with Crippen LogP contribution in [0.2, 0.25) is 0 Å². The number of carbonyl (C=O) groups is 1. The molecule has 8 heteroatoms. The van der Waals surface area contributed by atoms with E-state index in [-0.39, 0.29) is 12.1 Å². The SMILES string of the molecule is CC[C@@H](NC(=O)N(C)Cc1nc2ccc(C)cc2[nH]1)c1nc(C)no1. The summed E-state index contributed by atoms with van der Waals surface area (Å²) in [6, 6.07) is 5.49. The van der Waals surface area contributed by atoms with Crippen molar-refractivity contribution >= 4 is 17.1 Å². The Morgan fingerprint density at radius 3 is 2.84 bits per heavy atom. The molecular weight excluding hydrogens is 320 g/mol. The summed E-state index contributed by atoms with van der Waals surface area (Å²) in [4.78, 5) is 26.0. The van der Waals surface area contributed by atoms with Crippen LogP contribution >= 0.6 is 0 Å². The van der Waals surface area contributed by atoms with Crippen molar-refractivity contribution in [2.75, 3.05) is 7.05 Å². The molecule has 0 spiro atoms. The average Bonchev–Trinajstić information content (AvgIpc) is 3.17. The van der Waals surface area contributed by atoms with Gasteiger partial charge in [-0.1, -0.05) is 18.1 Å². The number of hydrogen-bond acceptors (Lipinski definition) is 5. The normalized spacial score (nSPS) is 12.3. The lowest BCUT2D eigenvalue weighted by Gasteiger charge is -2.20. The highest BCUT2D eigenvalue weighted by molar-refractivity contribution is 5.76. The van der Waals surface area contributed by atoms with Gasteiger partial charge in [0.2, 0.25) is 5.89 Å². The molecule has 0 aliphatic carbocycles. The van der Waals surface area contributed by atoms with Gasteiger partial charge in [-0.25, -0.2) is 9.78 Å². The van der Waals surface area contributed by atoms with Crippen LogP contribution in [0.15, 0.2) is 22.7 Å². The van der Waals surface area contributed by atoms with Crippen molar-refractivity contribution in [3.63, 3.8) is 0 Å². The molecule has 3 rings (SSSR count). The van der Waals surface area contributed by atoms with E-state index in [0.717, 1.165) is 22.4 Å². The Morgan fingerprint density at radius 2 is 2.16 bits per heavy atom. The number of urea groups is 1. The molecule has 2 N–H and O–H groups in total. The predicted molar refractivity (Wildman–Crippen MR) is 92.9 cm³/mol. The summed E-state index contributed by atoms with van der Waals surface area (Å²) in [6.45, 7) is 6.10. The first-order chi connectivity index (χ1) is 12.0. The fraction of sp³-hybridized carbons (Fsp3) is 0.412. The highest BCUT2D eigenvalue weighted by Gasteiger charge is 2.21. The summed E-state index contributed by atoms with van der Waals surface area (Å²) in [5, 5.41) is 6.68. The molecule has 8 nitrogen and oxygen atoms in total. The molecule has 0 saturated carbocycles. The van der Waals surface area contributed by atoms with Crippen LogP contribution < -0.4 is 5.32 Å². The van der Waals surface area contributed by atoms with E-state index >= 15 is 0 Å². The summed E-state index contributed by atoms with van der Waals surface area (Å²) in [5.41, 5.74) is 3.02. The van der Waals surface area contributed by atoms with Gasteiger partial charge in [0.05, 0.1) is 17.6 Å². The zero-order valence-electron chi connectivity index (χ0n) is 14.8. The minimum atomic E-state index is -0.311. The number of imidazole rings is 1. The Bertz CT molecular complexity index is 884. The number of aryl methyl sites for hydroxylation is 2. The number of H-pyrrole nitrogens is 1. The van der Waals surface area contributed by atoms with E-state index in [0.29, 0.717) is 24.7 Å². The molecule has 0 fully saturated rings. The molecule has 2 aromatic heterocycles. The van der Waals surface area contributed by atoms with Crippen LogP contribution in [-0.4, -0.2) is 38.1 Å². The number of amides is 2. The Hall–Kier alpha value is -2.90. The zero-order valence-corrected chi connectivity index (χ0v) is 14.8. The lowest BCUT2D eigenvalue weighted by molar-refractivity contribution is 0.197. The zero-order chi connectivity index (χ0) is 18.0. The van der Waals surface area contributed by atoms with Crippen LogP contribution in [0.25, 0.3) is 11.0 Å². The van der Waals surface area contributed by atoms with Crippen molar-refractivity contribution in [3.8, 4) is 0 Å². The highest BCUT2D eigenvalue weighted by Crippen LogP contribution is 2.16. The van der Waals surface area contributed by atoms with Gasteiger partial charge in [0.25, 0.3) is 0 Å². The Kier molecular flexibility index (Phi) is 4.69. The number of aromatic amines is 1. The van der Waals surface area contributed by atoms with Crippen LogP contribution in [0.5, 0.6) is 0 Å². The molecule has 1 atom stereocenters. The summed E-state index contributed by atoms with van der Waals surface area (Å²) < 4.78 is 5.15. The minimum Gasteiger partial charge on any atom is -0.340 e. The average molecular weight is 342 g/mol. The number of hydrogen-bond donors (Lipinski definition) is 2. The molecule has 0 unspecified atom stereocenters. The first kappa shape index (κ1) is 16.9. The summed E-state index contributed by atoms with van der Waals surface area (Å²) in [5.74, 6) is 1.70. The summed E-state index contributed by atoms with van der Waals surface area (Å²) >= 11 is 0. The molecule has 0 aliphatic rings. The van der Waals surface area contributed by atoms with Crippen molar-refractivity contribution < 1.29 is 9.32 Å². The van der Waals surface area contributed by atoms with Crippen LogP contribution in [-0.2, 0) is 6.54 Å².